The predicted molar refractivity (Wildman–Crippen MR) is 68.7 cm³/mol. The summed E-state index contributed by atoms with van der Waals surface area (Å²) in [5.74, 6) is 2.75. The predicted octanol–water partition coefficient (Wildman–Crippen LogP) is 0.451. The van der Waals surface area contributed by atoms with E-state index in [2.05, 4.69) is 26.9 Å². The molecule has 1 nitrogen and oxygen atoms in total. The zero-order valence-electron chi connectivity index (χ0n) is 11.3. The number of quaternary nitrogens is 1. The minimum atomic E-state index is 0. The monoisotopic (exact) mass is 289 g/mol. The molecule has 0 aliphatic rings. The van der Waals surface area contributed by atoms with E-state index in [0.29, 0.717) is 0 Å². The molecule has 0 atom stereocenters. The molecule has 0 aliphatic carbocycles. The van der Waals surface area contributed by atoms with Gasteiger partial charge < -0.3 is 21.5 Å². The molecule has 0 bridgehead atoms. The third-order valence-electron chi connectivity index (χ3n) is 2.89. The molecule has 0 amide bonds. The number of nitrogens with zero attached hydrogens (tertiary/aromatic N) is 1. The molecule has 0 rings (SSSR count). The first kappa shape index (κ1) is 18.4. The maximum Gasteiger partial charge on any atom is 0.140 e. The summed E-state index contributed by atoms with van der Waals surface area (Å²) in [6.45, 7) is 4.34. The van der Waals surface area contributed by atoms with Gasteiger partial charge in [0.25, 0.3) is 0 Å². The summed E-state index contributed by atoms with van der Waals surface area (Å²) in [6, 6.07) is 0. The highest BCUT2D eigenvalue weighted by atomic mass is 79.9. The van der Waals surface area contributed by atoms with Crippen molar-refractivity contribution >= 4 is 0 Å². The van der Waals surface area contributed by atoms with Crippen molar-refractivity contribution in [2.24, 2.45) is 0 Å². The minimum absolute atomic E-state index is 0. The fraction of sp³-hybridized carbons (Fsp3) is 0.857. The van der Waals surface area contributed by atoms with E-state index in [1.165, 1.54) is 51.5 Å². The van der Waals surface area contributed by atoms with Crippen LogP contribution in [0.3, 0.4) is 0 Å². The molecule has 0 aromatic rings. The van der Waals surface area contributed by atoms with Crippen molar-refractivity contribution in [1.29, 1.82) is 0 Å². The summed E-state index contributed by atoms with van der Waals surface area (Å²) < 4.78 is 0.978. The van der Waals surface area contributed by atoms with E-state index in [-0.39, 0.29) is 17.0 Å². The van der Waals surface area contributed by atoms with Crippen LogP contribution in [0.1, 0.15) is 51.9 Å². The van der Waals surface area contributed by atoms with Gasteiger partial charge in [0, 0.05) is 0 Å². The van der Waals surface area contributed by atoms with Crippen molar-refractivity contribution in [2.45, 2.75) is 51.9 Å². The van der Waals surface area contributed by atoms with Gasteiger partial charge in [0.05, 0.1) is 20.6 Å². The quantitative estimate of drug-likeness (QED) is 0.329. The molecule has 0 saturated carbocycles. The van der Waals surface area contributed by atoms with E-state index in [0.717, 1.165) is 11.0 Å². The number of rotatable bonds is 9. The van der Waals surface area contributed by atoms with E-state index in [4.69, 9.17) is 6.42 Å². The lowest BCUT2D eigenvalue weighted by atomic mass is 10.1. The van der Waals surface area contributed by atoms with Gasteiger partial charge >= 0.3 is 0 Å². The number of terminal acetylenes is 1. The van der Waals surface area contributed by atoms with Crippen molar-refractivity contribution in [3.63, 3.8) is 0 Å². The van der Waals surface area contributed by atoms with Crippen LogP contribution in [-0.2, 0) is 0 Å². The van der Waals surface area contributed by atoms with Crippen molar-refractivity contribution in [3.05, 3.63) is 0 Å². The fourth-order valence-electron chi connectivity index (χ4n) is 1.82. The summed E-state index contributed by atoms with van der Waals surface area (Å²) in [6.07, 6.45) is 15.0. The lowest BCUT2D eigenvalue weighted by molar-refractivity contribution is -0.883. The van der Waals surface area contributed by atoms with Crippen molar-refractivity contribution in [1.82, 2.24) is 0 Å². The second-order valence-corrected chi connectivity index (χ2v) is 5.14. The van der Waals surface area contributed by atoms with Crippen molar-refractivity contribution < 1.29 is 21.5 Å². The summed E-state index contributed by atoms with van der Waals surface area (Å²) in [7, 11) is 4.44. The van der Waals surface area contributed by atoms with Crippen LogP contribution in [0, 0.1) is 12.3 Å². The first-order chi connectivity index (χ1) is 7.12. The standard InChI is InChI=1S/C14H28N.BrH/c1-5-7-8-9-10-11-12-14-15(3,4)13-6-2;/h2H,5,7-14H2,1,3-4H3;1H/q+1;/p-1. The Labute approximate surface area is 113 Å². The Morgan fingerprint density at radius 1 is 0.938 bits per heavy atom. The van der Waals surface area contributed by atoms with E-state index in [1.807, 2.05) is 0 Å². The Bertz CT molecular complexity index is 182. The molecule has 16 heavy (non-hydrogen) atoms. The highest BCUT2D eigenvalue weighted by Crippen LogP contribution is 2.08. The molecule has 0 spiro atoms. The smallest absolute Gasteiger partial charge is 0.140 e. The molecule has 2 heteroatoms. The average Bonchev–Trinajstić information content (AvgIpc) is 2.16. The van der Waals surface area contributed by atoms with Gasteiger partial charge in [-0.05, 0) is 18.8 Å². The van der Waals surface area contributed by atoms with Gasteiger partial charge in [0.2, 0.25) is 0 Å². The first-order valence-corrected chi connectivity index (χ1v) is 6.38. The summed E-state index contributed by atoms with van der Waals surface area (Å²) in [4.78, 5) is 0. The van der Waals surface area contributed by atoms with Crippen LogP contribution in [0.25, 0.3) is 0 Å². The molecule has 0 radical (unpaired) electrons. The second kappa shape index (κ2) is 11.5. The van der Waals surface area contributed by atoms with Crippen LogP contribution in [-0.4, -0.2) is 31.7 Å². The number of halogens is 1. The lowest BCUT2D eigenvalue weighted by Crippen LogP contribution is -3.00. The Balaban J connectivity index is 0. The highest BCUT2D eigenvalue weighted by Gasteiger charge is 2.11. The summed E-state index contributed by atoms with van der Waals surface area (Å²) in [5, 5.41) is 0. The SMILES string of the molecule is C#CC[N+](C)(C)CCCCCCCCC.[Br-]. The number of unbranched alkanes of at least 4 members (excludes halogenated alkanes) is 6. The molecular weight excluding hydrogens is 262 g/mol. The maximum atomic E-state index is 5.33. The Hall–Kier alpha value is 0. The Kier molecular flexibility index (Phi) is 13.2. The molecule has 0 aromatic heterocycles. The second-order valence-electron chi connectivity index (χ2n) is 5.14. The van der Waals surface area contributed by atoms with Gasteiger partial charge in [-0.1, -0.05) is 39.0 Å². The third-order valence-corrected chi connectivity index (χ3v) is 2.89. The molecule has 0 fully saturated rings. The number of hydrogen-bond donors (Lipinski definition) is 0. The topological polar surface area (TPSA) is 0 Å². The molecule has 0 aliphatic heterocycles. The van der Waals surface area contributed by atoms with Crippen molar-refractivity contribution in [3.8, 4) is 12.3 Å². The van der Waals surface area contributed by atoms with Gasteiger partial charge in [-0.3, -0.25) is 0 Å². The molecule has 0 N–H and O–H groups in total. The van der Waals surface area contributed by atoms with Crippen LogP contribution >= 0.6 is 0 Å². The molecular formula is C14H28BrN. The first-order valence-electron chi connectivity index (χ1n) is 6.38. The normalized spacial score (nSPS) is 10.6. The molecule has 96 valence electrons. The lowest BCUT2D eigenvalue weighted by Gasteiger charge is -2.27. The molecule has 0 aromatic carbocycles. The van der Waals surface area contributed by atoms with Gasteiger partial charge in [0.1, 0.15) is 6.54 Å². The zero-order valence-corrected chi connectivity index (χ0v) is 12.9. The van der Waals surface area contributed by atoms with Gasteiger partial charge in [-0.2, -0.15) is 0 Å². The van der Waals surface area contributed by atoms with Crippen LogP contribution in [0.4, 0.5) is 0 Å². The van der Waals surface area contributed by atoms with Crippen LogP contribution in [0.5, 0.6) is 0 Å². The zero-order chi connectivity index (χ0) is 11.6. The van der Waals surface area contributed by atoms with Gasteiger partial charge in [-0.25, -0.2) is 0 Å². The maximum absolute atomic E-state index is 5.33. The molecule has 0 saturated heterocycles. The summed E-state index contributed by atoms with van der Waals surface area (Å²) >= 11 is 0. The highest BCUT2D eigenvalue weighted by molar-refractivity contribution is 4.83. The van der Waals surface area contributed by atoms with Crippen LogP contribution < -0.4 is 17.0 Å². The Morgan fingerprint density at radius 2 is 1.44 bits per heavy atom. The van der Waals surface area contributed by atoms with Gasteiger partial charge in [0.15, 0.2) is 0 Å². The average molecular weight is 290 g/mol. The van der Waals surface area contributed by atoms with E-state index >= 15 is 0 Å². The Morgan fingerprint density at radius 3 is 1.94 bits per heavy atom. The van der Waals surface area contributed by atoms with Crippen molar-refractivity contribution in [2.75, 3.05) is 27.2 Å². The van der Waals surface area contributed by atoms with Gasteiger partial charge in [-0.15, -0.1) is 6.42 Å². The fourth-order valence-corrected chi connectivity index (χ4v) is 1.82. The molecule has 0 unspecified atom stereocenters. The minimum Gasteiger partial charge on any atom is -1.00 e. The summed E-state index contributed by atoms with van der Waals surface area (Å²) in [5.41, 5.74) is 0. The van der Waals surface area contributed by atoms with E-state index < -0.39 is 0 Å². The molecule has 0 heterocycles. The third kappa shape index (κ3) is 12.1. The number of hydrogen-bond acceptors (Lipinski definition) is 0. The largest absolute Gasteiger partial charge is 1.00 e. The van der Waals surface area contributed by atoms with E-state index in [9.17, 15) is 0 Å². The van der Waals surface area contributed by atoms with E-state index in [1.54, 1.807) is 0 Å². The van der Waals surface area contributed by atoms with Crippen LogP contribution in [0.2, 0.25) is 0 Å². The van der Waals surface area contributed by atoms with Crippen LogP contribution in [0.15, 0.2) is 0 Å².